The van der Waals surface area contributed by atoms with Gasteiger partial charge in [-0.25, -0.2) is 0 Å². The van der Waals surface area contributed by atoms with Crippen molar-refractivity contribution >= 4 is 35.2 Å². The van der Waals surface area contributed by atoms with Gasteiger partial charge < -0.3 is 24.4 Å². The molecule has 9 heteroatoms. The van der Waals surface area contributed by atoms with E-state index in [1.807, 2.05) is 30.3 Å². The molecule has 3 aliphatic heterocycles. The molecule has 1 spiro atoms. The van der Waals surface area contributed by atoms with Crippen molar-refractivity contribution in [2.75, 3.05) is 31.8 Å². The van der Waals surface area contributed by atoms with Gasteiger partial charge in [-0.15, -0.1) is 18.3 Å². The predicted molar refractivity (Wildman–Crippen MR) is 158 cm³/mol. The van der Waals surface area contributed by atoms with Crippen molar-refractivity contribution in [3.8, 4) is 5.75 Å². The average Bonchev–Trinajstić information content (AvgIpc) is 3.59. The molecule has 2 amide bonds. The van der Waals surface area contributed by atoms with Crippen LogP contribution in [0.15, 0.2) is 79.9 Å². The third-order valence-corrected chi connectivity index (χ3v) is 10.8. The first-order chi connectivity index (χ1) is 19.8. The second kappa shape index (κ2) is 11.7. The van der Waals surface area contributed by atoms with Crippen LogP contribution in [-0.4, -0.2) is 70.7 Å². The molecular weight excluding hydrogens is 540 g/mol. The molecule has 3 heterocycles. The summed E-state index contributed by atoms with van der Waals surface area (Å²) in [7, 11) is 1.58. The van der Waals surface area contributed by atoms with Crippen LogP contribution in [0.3, 0.4) is 0 Å². The maximum atomic E-state index is 14.8. The van der Waals surface area contributed by atoms with Crippen molar-refractivity contribution in [1.29, 1.82) is 0 Å². The highest BCUT2D eigenvalue weighted by atomic mass is 32.2. The fourth-order valence-corrected chi connectivity index (χ4v) is 9.36. The maximum Gasteiger partial charge on any atom is 0.311 e. The molecule has 41 heavy (non-hydrogen) atoms. The first kappa shape index (κ1) is 29.0. The van der Waals surface area contributed by atoms with Crippen LogP contribution in [0.25, 0.3) is 0 Å². The van der Waals surface area contributed by atoms with Crippen molar-refractivity contribution in [1.82, 2.24) is 4.90 Å². The van der Waals surface area contributed by atoms with Crippen LogP contribution < -0.4 is 9.64 Å². The van der Waals surface area contributed by atoms with Crippen molar-refractivity contribution < 1.29 is 29.0 Å². The Morgan fingerprint density at radius 1 is 1.17 bits per heavy atom. The highest BCUT2D eigenvalue weighted by Crippen LogP contribution is 2.69. The molecule has 3 saturated heterocycles. The molecule has 8 nitrogen and oxygen atoms in total. The van der Waals surface area contributed by atoms with Crippen LogP contribution in [0.2, 0.25) is 0 Å². The Morgan fingerprint density at radius 2 is 1.88 bits per heavy atom. The Balaban J connectivity index is 1.65. The lowest BCUT2D eigenvalue weighted by Crippen LogP contribution is -2.58. The smallest absolute Gasteiger partial charge is 0.311 e. The molecule has 0 aromatic heterocycles. The number of benzene rings is 2. The minimum atomic E-state index is -0.929. The summed E-state index contributed by atoms with van der Waals surface area (Å²) in [4.78, 5) is 46.0. The second-order valence-electron chi connectivity index (χ2n) is 10.8. The van der Waals surface area contributed by atoms with Gasteiger partial charge in [-0.2, -0.15) is 0 Å². The monoisotopic (exact) mass is 576 g/mol. The number of rotatable bonds is 11. The number of fused-ring (bicyclic) bond motifs is 1. The number of carbonyl (C=O) groups is 3. The number of amides is 2. The number of likely N-dealkylation sites (tertiary alicyclic amines) is 1. The van der Waals surface area contributed by atoms with E-state index in [4.69, 9.17) is 9.47 Å². The van der Waals surface area contributed by atoms with Gasteiger partial charge in [-0.05, 0) is 42.2 Å². The largest absolute Gasteiger partial charge is 0.497 e. The summed E-state index contributed by atoms with van der Waals surface area (Å²) in [5, 5.41) is 10.6. The summed E-state index contributed by atoms with van der Waals surface area (Å²) in [6.07, 6.45) is 3.83. The minimum absolute atomic E-state index is 0.0366. The second-order valence-corrected chi connectivity index (χ2v) is 12.3. The molecule has 5 rings (SSSR count). The standard InChI is InChI=1S/C32H36N2O6S/c1-5-16-33(22-12-14-23(39-4)15-13-22)30(37)28-32-20(3)18-25(41-32)26(31(38)40-17-6-2)27(32)29(36)34(28)24(19-35)21-10-8-7-9-11-21/h5-15,20,24-28,35H,1-2,16-19H2,3-4H3/t20?,24-,25-,26+,27+,28?,32?/m1/s1. The Morgan fingerprint density at radius 3 is 2.49 bits per heavy atom. The number of nitrogens with zero attached hydrogens (tertiary/aromatic N) is 2. The van der Waals surface area contributed by atoms with Crippen LogP contribution >= 0.6 is 11.8 Å². The van der Waals surface area contributed by atoms with E-state index < -0.39 is 34.6 Å². The van der Waals surface area contributed by atoms with Crippen molar-refractivity contribution in [2.45, 2.75) is 35.4 Å². The Hall–Kier alpha value is -3.56. The topological polar surface area (TPSA) is 96.4 Å². The number of ether oxygens (including phenoxy) is 2. The van der Waals surface area contributed by atoms with Gasteiger partial charge in [0.25, 0.3) is 5.91 Å². The highest BCUT2D eigenvalue weighted by Gasteiger charge is 2.77. The fourth-order valence-electron chi connectivity index (χ4n) is 6.97. The van der Waals surface area contributed by atoms with E-state index in [9.17, 15) is 19.5 Å². The summed E-state index contributed by atoms with van der Waals surface area (Å²) < 4.78 is 9.92. The van der Waals surface area contributed by atoms with E-state index in [1.165, 1.54) is 6.08 Å². The number of aliphatic hydroxyl groups is 1. The van der Waals surface area contributed by atoms with E-state index in [1.54, 1.807) is 59.0 Å². The molecule has 2 aromatic carbocycles. The summed E-state index contributed by atoms with van der Waals surface area (Å²) >= 11 is 1.57. The molecule has 7 atom stereocenters. The van der Waals surface area contributed by atoms with Gasteiger partial charge >= 0.3 is 5.97 Å². The minimum Gasteiger partial charge on any atom is -0.497 e. The van der Waals surface area contributed by atoms with Crippen LogP contribution in [0.4, 0.5) is 5.69 Å². The Labute approximate surface area is 245 Å². The summed E-state index contributed by atoms with van der Waals surface area (Å²) in [5.41, 5.74) is 1.35. The number of hydrogen-bond acceptors (Lipinski definition) is 7. The Kier molecular flexibility index (Phi) is 8.29. The summed E-state index contributed by atoms with van der Waals surface area (Å²) in [5.74, 6) is -1.85. The molecule has 216 valence electrons. The summed E-state index contributed by atoms with van der Waals surface area (Å²) in [6, 6.07) is 14.7. The van der Waals surface area contributed by atoms with Gasteiger partial charge in [0.2, 0.25) is 5.91 Å². The molecule has 3 fully saturated rings. The third kappa shape index (κ3) is 4.65. The number of thioether (sulfide) groups is 1. The van der Waals surface area contributed by atoms with E-state index in [0.717, 1.165) is 5.56 Å². The number of carbonyl (C=O) groups excluding carboxylic acids is 3. The van der Waals surface area contributed by atoms with E-state index >= 15 is 0 Å². The number of esters is 1. The lowest BCUT2D eigenvalue weighted by atomic mass is 9.66. The SMILES string of the molecule is C=CCOC(=O)[C@@H]1[C@H]2C(=O)N([C@H](CO)c3ccccc3)C(C(=O)N(CC=C)c3ccc(OC)cc3)C23S[C@@H]1CC3C. The number of methoxy groups -OCH3 is 1. The van der Waals surface area contributed by atoms with Crippen LogP contribution in [-0.2, 0) is 19.1 Å². The molecule has 0 saturated carbocycles. The lowest BCUT2D eigenvalue weighted by Gasteiger charge is -2.42. The van der Waals surface area contributed by atoms with E-state index in [0.29, 0.717) is 17.9 Å². The molecule has 0 radical (unpaired) electrons. The average molecular weight is 577 g/mol. The molecule has 3 aliphatic rings. The van der Waals surface area contributed by atoms with Crippen molar-refractivity contribution in [2.24, 2.45) is 17.8 Å². The number of hydrogen-bond donors (Lipinski definition) is 1. The zero-order valence-corrected chi connectivity index (χ0v) is 24.2. The van der Waals surface area contributed by atoms with E-state index in [2.05, 4.69) is 20.1 Å². The van der Waals surface area contributed by atoms with Gasteiger partial charge in [0.05, 0.1) is 36.3 Å². The van der Waals surface area contributed by atoms with Gasteiger partial charge in [-0.3, -0.25) is 14.4 Å². The first-order valence-electron chi connectivity index (χ1n) is 13.8. The van der Waals surface area contributed by atoms with Gasteiger partial charge in [0.1, 0.15) is 18.4 Å². The summed E-state index contributed by atoms with van der Waals surface area (Å²) in [6.45, 7) is 9.47. The normalized spacial score (nSPS) is 28.6. The van der Waals surface area contributed by atoms with Crippen LogP contribution in [0, 0.1) is 17.8 Å². The fraction of sp³-hybridized carbons (Fsp3) is 0.406. The number of aliphatic hydroxyl groups excluding tert-OH is 1. The van der Waals surface area contributed by atoms with Gasteiger partial charge in [0, 0.05) is 17.5 Å². The quantitative estimate of drug-likeness (QED) is 0.319. The zero-order chi connectivity index (χ0) is 29.3. The predicted octanol–water partition coefficient (Wildman–Crippen LogP) is 4.01. The van der Waals surface area contributed by atoms with E-state index in [-0.39, 0.29) is 42.7 Å². The van der Waals surface area contributed by atoms with Crippen LogP contribution in [0.1, 0.15) is 24.9 Å². The molecule has 0 aliphatic carbocycles. The maximum absolute atomic E-state index is 14.8. The van der Waals surface area contributed by atoms with Crippen molar-refractivity contribution in [3.05, 3.63) is 85.5 Å². The Bertz CT molecular complexity index is 1320. The zero-order valence-electron chi connectivity index (χ0n) is 23.3. The third-order valence-electron chi connectivity index (χ3n) is 8.69. The van der Waals surface area contributed by atoms with Gasteiger partial charge in [0.15, 0.2) is 0 Å². The van der Waals surface area contributed by atoms with Crippen molar-refractivity contribution in [3.63, 3.8) is 0 Å². The van der Waals surface area contributed by atoms with Crippen LogP contribution in [0.5, 0.6) is 5.75 Å². The molecular formula is C32H36N2O6S. The molecule has 1 N–H and O–H groups in total. The highest BCUT2D eigenvalue weighted by molar-refractivity contribution is 8.02. The number of anilines is 1. The van der Waals surface area contributed by atoms with Gasteiger partial charge in [-0.1, -0.05) is 56.0 Å². The first-order valence-corrected chi connectivity index (χ1v) is 14.7. The molecule has 2 bridgehead atoms. The lowest BCUT2D eigenvalue weighted by molar-refractivity contribution is -0.154. The molecule has 3 unspecified atom stereocenters. The molecule has 2 aromatic rings.